The number of rotatable bonds is 5. The third-order valence-electron chi connectivity index (χ3n) is 2.93. The fourth-order valence-corrected chi connectivity index (χ4v) is 3.24. The summed E-state index contributed by atoms with van der Waals surface area (Å²) in [5.74, 6) is -0.222. The van der Waals surface area contributed by atoms with E-state index in [0.29, 0.717) is 0 Å². The quantitative estimate of drug-likeness (QED) is 0.878. The molecule has 5 heteroatoms. The Labute approximate surface area is 125 Å². The van der Waals surface area contributed by atoms with Gasteiger partial charge in [0.25, 0.3) is 0 Å². The minimum absolute atomic E-state index is 0.176. The summed E-state index contributed by atoms with van der Waals surface area (Å²) in [5.41, 5.74) is 2.19. The van der Waals surface area contributed by atoms with Crippen molar-refractivity contribution in [1.29, 1.82) is 0 Å². The minimum atomic E-state index is -0.222. The van der Waals surface area contributed by atoms with Gasteiger partial charge >= 0.3 is 0 Å². The highest BCUT2D eigenvalue weighted by Crippen LogP contribution is 2.24. The maximum Gasteiger partial charge on any atom is 0.124 e. The topological polar surface area (TPSA) is 24.9 Å². The van der Waals surface area contributed by atoms with E-state index in [9.17, 15) is 4.39 Å². The van der Waals surface area contributed by atoms with Gasteiger partial charge in [0, 0.05) is 28.9 Å². The van der Waals surface area contributed by atoms with Gasteiger partial charge in [0.1, 0.15) is 5.82 Å². The molecule has 19 heavy (non-hydrogen) atoms. The highest BCUT2D eigenvalue weighted by Gasteiger charge is 2.09. The standard InChI is InChI=1S/C14H16BrFN2S/c1-9(13-4-3-11(16)7-14(13)15)17-6-5-12-8-19-10(2)18-12/h3-4,7-9,17H,5-6H2,1-2H3. The molecule has 0 aliphatic rings. The summed E-state index contributed by atoms with van der Waals surface area (Å²) < 4.78 is 13.8. The predicted molar refractivity (Wildman–Crippen MR) is 81.1 cm³/mol. The molecule has 1 heterocycles. The van der Waals surface area contributed by atoms with E-state index in [-0.39, 0.29) is 11.9 Å². The molecule has 0 saturated carbocycles. The predicted octanol–water partition coefficient (Wildman–Crippen LogP) is 4.25. The molecule has 2 nitrogen and oxygen atoms in total. The average molecular weight is 343 g/mol. The molecule has 1 atom stereocenters. The molecule has 1 unspecified atom stereocenters. The normalized spacial score (nSPS) is 12.6. The lowest BCUT2D eigenvalue weighted by atomic mass is 10.1. The van der Waals surface area contributed by atoms with Crippen LogP contribution >= 0.6 is 27.3 Å². The van der Waals surface area contributed by atoms with E-state index < -0.39 is 0 Å². The Balaban J connectivity index is 1.88. The average Bonchev–Trinajstić information content (AvgIpc) is 2.75. The number of thiazole rings is 1. The number of nitrogens with zero attached hydrogens (tertiary/aromatic N) is 1. The van der Waals surface area contributed by atoms with Gasteiger partial charge in [0.2, 0.25) is 0 Å². The van der Waals surface area contributed by atoms with Gasteiger partial charge in [-0.25, -0.2) is 9.37 Å². The molecule has 1 N–H and O–H groups in total. The van der Waals surface area contributed by atoms with E-state index in [1.54, 1.807) is 11.3 Å². The van der Waals surface area contributed by atoms with Crippen LogP contribution in [0.25, 0.3) is 0 Å². The molecule has 0 fully saturated rings. The summed E-state index contributed by atoms with van der Waals surface area (Å²) in [4.78, 5) is 4.43. The second kappa shape index (κ2) is 6.59. The van der Waals surface area contributed by atoms with E-state index in [1.807, 2.05) is 13.0 Å². The van der Waals surface area contributed by atoms with Crippen molar-refractivity contribution in [2.45, 2.75) is 26.3 Å². The molecule has 0 saturated heterocycles. The van der Waals surface area contributed by atoms with Gasteiger partial charge in [0.05, 0.1) is 10.7 Å². The second-order valence-corrected chi connectivity index (χ2v) is 6.37. The highest BCUT2D eigenvalue weighted by atomic mass is 79.9. The van der Waals surface area contributed by atoms with E-state index in [0.717, 1.165) is 33.7 Å². The molecule has 1 aromatic heterocycles. The minimum Gasteiger partial charge on any atom is -0.310 e. The van der Waals surface area contributed by atoms with Crippen LogP contribution in [0.5, 0.6) is 0 Å². The molecule has 0 aliphatic heterocycles. The Bertz CT molecular complexity index is 556. The first-order chi connectivity index (χ1) is 9.06. The molecule has 1 aromatic carbocycles. The third-order valence-corrected chi connectivity index (χ3v) is 4.44. The molecule has 2 rings (SSSR count). The number of aryl methyl sites for hydroxylation is 1. The molecule has 0 bridgehead atoms. The first-order valence-electron chi connectivity index (χ1n) is 6.15. The van der Waals surface area contributed by atoms with Crippen LogP contribution in [0.2, 0.25) is 0 Å². The van der Waals surface area contributed by atoms with Gasteiger partial charge in [-0.2, -0.15) is 0 Å². The van der Waals surface area contributed by atoms with Crippen molar-refractivity contribution in [1.82, 2.24) is 10.3 Å². The van der Waals surface area contributed by atoms with Crippen molar-refractivity contribution in [2.75, 3.05) is 6.54 Å². The van der Waals surface area contributed by atoms with Crippen molar-refractivity contribution >= 4 is 27.3 Å². The lowest BCUT2D eigenvalue weighted by Crippen LogP contribution is -2.21. The summed E-state index contributed by atoms with van der Waals surface area (Å²) in [6.45, 7) is 4.94. The lowest BCUT2D eigenvalue weighted by molar-refractivity contribution is 0.569. The first kappa shape index (κ1) is 14.6. The van der Waals surface area contributed by atoms with Crippen LogP contribution < -0.4 is 5.32 Å². The van der Waals surface area contributed by atoms with Crippen molar-refractivity contribution < 1.29 is 4.39 Å². The maximum atomic E-state index is 13.0. The molecule has 2 aromatic rings. The number of hydrogen-bond donors (Lipinski definition) is 1. The van der Waals surface area contributed by atoms with Gasteiger partial charge in [-0.15, -0.1) is 11.3 Å². The first-order valence-corrected chi connectivity index (χ1v) is 7.83. The van der Waals surface area contributed by atoms with Crippen molar-refractivity contribution in [2.24, 2.45) is 0 Å². The van der Waals surface area contributed by atoms with Crippen LogP contribution in [0.1, 0.15) is 29.2 Å². The lowest BCUT2D eigenvalue weighted by Gasteiger charge is -2.15. The largest absolute Gasteiger partial charge is 0.310 e. The summed E-state index contributed by atoms with van der Waals surface area (Å²) >= 11 is 5.07. The number of benzene rings is 1. The van der Waals surface area contributed by atoms with Gasteiger partial charge in [0.15, 0.2) is 0 Å². The fraction of sp³-hybridized carbons (Fsp3) is 0.357. The third kappa shape index (κ3) is 4.09. The summed E-state index contributed by atoms with van der Waals surface area (Å²) in [5, 5.41) is 6.62. The van der Waals surface area contributed by atoms with E-state index >= 15 is 0 Å². The Morgan fingerprint density at radius 1 is 1.47 bits per heavy atom. The number of halogens is 2. The van der Waals surface area contributed by atoms with Crippen LogP contribution in [-0.4, -0.2) is 11.5 Å². The Hall–Kier alpha value is -0.780. The zero-order valence-corrected chi connectivity index (χ0v) is 13.3. The molecule has 0 amide bonds. The van der Waals surface area contributed by atoms with Crippen molar-refractivity contribution in [3.63, 3.8) is 0 Å². The molecule has 0 spiro atoms. The van der Waals surface area contributed by atoms with E-state index in [4.69, 9.17) is 0 Å². The van der Waals surface area contributed by atoms with Crippen LogP contribution in [0.15, 0.2) is 28.1 Å². The monoisotopic (exact) mass is 342 g/mol. The Morgan fingerprint density at radius 2 is 2.26 bits per heavy atom. The SMILES string of the molecule is Cc1nc(CCNC(C)c2ccc(F)cc2Br)cs1. The Kier molecular flexibility index (Phi) is 5.07. The molecular formula is C14H16BrFN2S. The molecule has 0 aliphatic carbocycles. The number of hydrogen-bond acceptors (Lipinski definition) is 3. The van der Waals surface area contributed by atoms with E-state index in [1.165, 1.54) is 12.1 Å². The molecule has 0 radical (unpaired) electrons. The number of nitrogens with one attached hydrogen (secondary N) is 1. The molecule has 102 valence electrons. The van der Waals surface area contributed by atoms with Gasteiger partial charge in [-0.1, -0.05) is 22.0 Å². The number of aromatic nitrogens is 1. The fourth-order valence-electron chi connectivity index (χ4n) is 1.90. The van der Waals surface area contributed by atoms with E-state index in [2.05, 4.69) is 38.5 Å². The van der Waals surface area contributed by atoms with Crippen LogP contribution in [0.4, 0.5) is 4.39 Å². The summed E-state index contributed by atoms with van der Waals surface area (Å²) in [7, 11) is 0. The highest BCUT2D eigenvalue weighted by molar-refractivity contribution is 9.10. The van der Waals surface area contributed by atoms with Crippen molar-refractivity contribution in [3.05, 3.63) is 50.1 Å². The zero-order valence-electron chi connectivity index (χ0n) is 10.9. The smallest absolute Gasteiger partial charge is 0.124 e. The van der Waals surface area contributed by atoms with Gasteiger partial charge < -0.3 is 5.32 Å². The summed E-state index contributed by atoms with van der Waals surface area (Å²) in [6, 6.07) is 4.97. The van der Waals surface area contributed by atoms with Crippen molar-refractivity contribution in [3.8, 4) is 0 Å². The van der Waals surface area contributed by atoms with Crippen LogP contribution in [-0.2, 0) is 6.42 Å². The van der Waals surface area contributed by atoms with Gasteiger partial charge in [-0.3, -0.25) is 0 Å². The Morgan fingerprint density at radius 3 is 2.89 bits per heavy atom. The van der Waals surface area contributed by atoms with Crippen LogP contribution in [0, 0.1) is 12.7 Å². The summed E-state index contributed by atoms with van der Waals surface area (Å²) in [6.07, 6.45) is 0.910. The van der Waals surface area contributed by atoms with Gasteiger partial charge in [-0.05, 0) is 31.5 Å². The second-order valence-electron chi connectivity index (χ2n) is 4.45. The molecular weight excluding hydrogens is 327 g/mol. The van der Waals surface area contributed by atoms with Crippen LogP contribution in [0.3, 0.4) is 0 Å². The zero-order chi connectivity index (χ0) is 13.8. The maximum absolute atomic E-state index is 13.0.